The first-order chi connectivity index (χ1) is 50.5. The van der Waals surface area contributed by atoms with Crippen molar-refractivity contribution in [2.45, 2.75) is 432 Å². The predicted octanol–water partition coefficient (Wildman–Crippen LogP) is 35.2. The van der Waals surface area contributed by atoms with E-state index in [1.54, 1.807) is 0 Å². The van der Waals surface area contributed by atoms with Gasteiger partial charge in [0.2, 0.25) is 0 Å². The Bertz CT molecular complexity index is 2870. The fraction of sp³-hybridized carbons (Fsp3) is 0.776. The third-order valence-electron chi connectivity index (χ3n) is 35.7. The van der Waals surface area contributed by atoms with E-state index in [0.717, 1.165) is 19.3 Å². The summed E-state index contributed by atoms with van der Waals surface area (Å²) >= 11 is 0. The van der Waals surface area contributed by atoms with E-state index in [2.05, 4.69) is 343 Å². The molecule has 7 saturated carbocycles. The molecule has 0 aliphatic heterocycles. The van der Waals surface area contributed by atoms with Crippen LogP contribution < -0.4 is 0 Å². The van der Waals surface area contributed by atoms with Crippen LogP contribution in [0.25, 0.3) is 0 Å². The van der Waals surface area contributed by atoms with Crippen molar-refractivity contribution in [3.63, 3.8) is 0 Å². The van der Waals surface area contributed by atoms with Gasteiger partial charge < -0.3 is 0 Å². The van der Waals surface area contributed by atoms with Gasteiger partial charge in [-0.15, -0.1) is 0 Å². The van der Waals surface area contributed by atoms with Crippen LogP contribution in [0.1, 0.15) is 448 Å². The van der Waals surface area contributed by atoms with Gasteiger partial charge >= 0.3 is 0 Å². The van der Waals surface area contributed by atoms with Crippen molar-refractivity contribution in [2.24, 2.45) is 99.5 Å². The maximum absolute atomic E-state index is 7.61. The molecule has 0 amide bonds. The first kappa shape index (κ1) is 91.1. The Labute approximate surface area is 675 Å². The lowest BCUT2D eigenvalue weighted by Gasteiger charge is -2.53. The minimum Gasteiger partial charge on any atom is -0.0648 e. The highest BCUT2D eigenvalue weighted by atomic mass is 14.6. The Kier molecular flexibility index (Phi) is 33.0. The number of hydrogen-bond donors (Lipinski definition) is 0. The smallest absolute Gasteiger partial charge is 0.0236 e. The maximum atomic E-state index is 7.61. The van der Waals surface area contributed by atoms with Gasteiger partial charge in [0, 0.05) is 14.9 Å². The first-order valence-electron chi connectivity index (χ1n) is 46.7. The summed E-state index contributed by atoms with van der Waals surface area (Å²) in [4.78, 5) is 0. The molecule has 4 aromatic rings. The molecule has 0 aromatic heterocycles. The average molecular weight is 1470 g/mol. The van der Waals surface area contributed by atoms with E-state index in [4.69, 9.17) is 4.11 Å². The third kappa shape index (κ3) is 22.7. The number of fused-ring (bicyclic) bond motifs is 1. The van der Waals surface area contributed by atoms with Crippen LogP contribution in [-0.2, 0) is 10.8 Å². The summed E-state index contributed by atoms with van der Waals surface area (Å²) in [6, 6.07) is 44.0. The molecule has 0 nitrogen and oxygen atoms in total. The quantitative estimate of drug-likeness (QED) is 0.140. The van der Waals surface area contributed by atoms with Crippen LogP contribution in [0.2, 0.25) is 0 Å². The molecule has 107 heavy (non-hydrogen) atoms. The molecule has 0 saturated heterocycles. The molecule has 7 fully saturated rings. The van der Waals surface area contributed by atoms with Crippen LogP contribution in [0, 0.1) is 99.5 Å². The van der Waals surface area contributed by atoms with Gasteiger partial charge in [-0.25, -0.2) is 0 Å². The molecule has 0 heterocycles. The van der Waals surface area contributed by atoms with Crippen LogP contribution in [0.3, 0.4) is 0 Å². The fourth-order valence-corrected chi connectivity index (χ4v) is 21.3. The summed E-state index contributed by atoms with van der Waals surface area (Å²) in [6.07, 6.45) is 40.4. The highest BCUT2D eigenvalue weighted by Crippen LogP contribution is 2.61. The van der Waals surface area contributed by atoms with E-state index in [1.807, 2.05) is 6.92 Å². The topological polar surface area (TPSA) is 0 Å². The Balaban J connectivity index is 0.000000271. The second-order valence-electron chi connectivity index (χ2n) is 44.8. The molecule has 7 aliphatic rings. The molecular formula is C107H184. The van der Waals surface area contributed by atoms with E-state index in [9.17, 15) is 0 Å². The Morgan fingerprint density at radius 1 is 0.252 bits per heavy atom. The zero-order valence-corrected chi connectivity index (χ0v) is 77.9. The van der Waals surface area contributed by atoms with E-state index >= 15 is 0 Å². The molecule has 0 radical (unpaired) electrons. The van der Waals surface area contributed by atoms with Gasteiger partial charge in [-0.2, -0.15) is 0 Å². The van der Waals surface area contributed by atoms with Crippen molar-refractivity contribution in [3.05, 3.63) is 144 Å². The van der Waals surface area contributed by atoms with Crippen LogP contribution >= 0.6 is 0 Å². The largest absolute Gasteiger partial charge is 0.0648 e. The zero-order valence-electron chi connectivity index (χ0n) is 80.9. The molecule has 0 unspecified atom stereocenters. The van der Waals surface area contributed by atoms with Crippen molar-refractivity contribution in [1.29, 1.82) is 0 Å². The molecule has 0 N–H and O–H groups in total. The minimum atomic E-state index is -1.81. The second kappa shape index (κ2) is 38.8. The summed E-state index contributed by atoms with van der Waals surface area (Å²) in [6.45, 7) is 76.7. The summed E-state index contributed by atoms with van der Waals surface area (Å²) in [5.41, 5.74) is 11.5. The number of rotatable bonds is 11. The fourth-order valence-electron chi connectivity index (χ4n) is 21.3. The Hall–Kier alpha value is -3.12. The van der Waals surface area contributed by atoms with Crippen LogP contribution in [-0.4, -0.2) is 0 Å². The number of benzene rings is 4. The van der Waals surface area contributed by atoms with Crippen LogP contribution in [0.15, 0.2) is 121 Å². The van der Waals surface area contributed by atoms with E-state index in [1.165, 1.54) is 189 Å². The van der Waals surface area contributed by atoms with Gasteiger partial charge in [0.1, 0.15) is 0 Å². The molecule has 0 bridgehead atoms. The van der Waals surface area contributed by atoms with Gasteiger partial charge in [0.25, 0.3) is 0 Å². The van der Waals surface area contributed by atoms with Gasteiger partial charge in [0.15, 0.2) is 0 Å². The molecule has 2 atom stereocenters. The van der Waals surface area contributed by atoms with Crippen molar-refractivity contribution in [2.75, 3.05) is 0 Å². The molecule has 0 heteroatoms. The molecule has 612 valence electrons. The summed E-state index contributed by atoms with van der Waals surface area (Å²) in [7, 11) is 0. The van der Waals surface area contributed by atoms with Crippen molar-refractivity contribution >= 4 is 0 Å². The maximum Gasteiger partial charge on any atom is 0.0236 e. The van der Waals surface area contributed by atoms with Gasteiger partial charge in [0.05, 0.1) is 0 Å². The molecular weight excluding hydrogens is 1290 g/mol. The summed E-state index contributed by atoms with van der Waals surface area (Å²) in [5, 5.41) is 0. The monoisotopic (exact) mass is 1470 g/mol. The van der Waals surface area contributed by atoms with Gasteiger partial charge in [-0.3, -0.25) is 0 Å². The zero-order chi connectivity index (χ0) is 83.8. The second-order valence-corrected chi connectivity index (χ2v) is 44.8. The lowest BCUT2D eigenvalue weighted by molar-refractivity contribution is -0.0261. The minimum absolute atomic E-state index is 0.0160. The van der Waals surface area contributed by atoms with Crippen LogP contribution in [0.5, 0.6) is 0 Å². The standard InChI is InChI=1S/2C22H30.C12H22.C11H22.4C10H20/c2*1-17(2)21(5,18(3)4)22(6,19-13-9-7-10-14-19)20-15-11-8-12-16-20;1-11-7-3-5-9-12(11,2)10-6-4-8-11;1-5-11(4)9-7-6-8-10(11,2)3;4*1-9(2)7-5-6-8-10(9,3)4/h2*7-18H,1-6H3;3-10H2,1-2H3;5-9H2,1-4H3;4*5-8H2,1-4H3/t;;;11-;;;;/m...0..../s1/i;;;;1D3;;;/t;;;;9-;;;/m....0.../s1. The normalized spacial score (nSPS) is 27.2. The molecule has 11 rings (SSSR count). The lowest BCUT2D eigenvalue weighted by Crippen LogP contribution is -2.49. The summed E-state index contributed by atoms with van der Waals surface area (Å²) in [5.74, 6) is 2.33. The average Bonchev–Trinajstić information content (AvgIpc) is 0.731. The van der Waals surface area contributed by atoms with Crippen LogP contribution in [0.4, 0.5) is 0 Å². The van der Waals surface area contributed by atoms with E-state index < -0.39 is 12.3 Å². The van der Waals surface area contributed by atoms with Crippen molar-refractivity contribution in [1.82, 2.24) is 0 Å². The lowest BCUT2D eigenvalue weighted by atomic mass is 9.50. The highest BCUT2D eigenvalue weighted by Gasteiger charge is 2.53. The Morgan fingerprint density at radius 2 is 0.421 bits per heavy atom. The molecule has 4 aromatic carbocycles. The third-order valence-corrected chi connectivity index (χ3v) is 35.7. The molecule has 7 aliphatic carbocycles. The van der Waals surface area contributed by atoms with E-state index in [0.29, 0.717) is 77.8 Å². The SMILES string of the molecule is CC(C)C(C)(C(C)C)C(C)(c1ccccc1)c1ccccc1.CC(C)C(C)(C(C)C)C(C)(c1ccccc1)c1ccccc1.CC1(C)CCCCC1(C)C.CC1(C)CCCCC1(C)C.CC1(C)CCCCC1(C)C.CC12CCCCC1(C)CCCC2.CC[C@@]1(C)CCCCC1(C)C.[2H]C([2H])([2H])[C@]1(C)CCCCC1(C)C. The van der Waals surface area contributed by atoms with E-state index in [-0.39, 0.29) is 27.1 Å². The van der Waals surface area contributed by atoms with Crippen molar-refractivity contribution in [3.8, 4) is 0 Å². The first-order valence-corrected chi connectivity index (χ1v) is 45.2. The highest BCUT2D eigenvalue weighted by molar-refractivity contribution is 5.43. The van der Waals surface area contributed by atoms with Gasteiger partial charge in [-0.05, 0) is 212 Å². The van der Waals surface area contributed by atoms with Gasteiger partial charge in [-0.1, -0.05) is 453 Å². The predicted molar refractivity (Wildman–Crippen MR) is 482 cm³/mol. The van der Waals surface area contributed by atoms with Crippen molar-refractivity contribution < 1.29 is 4.11 Å². The summed E-state index contributed by atoms with van der Waals surface area (Å²) < 4.78 is 22.8. The Morgan fingerprint density at radius 3 is 0.570 bits per heavy atom. The molecule has 0 spiro atoms. The number of hydrogen-bond acceptors (Lipinski definition) is 0.